The lowest BCUT2D eigenvalue weighted by molar-refractivity contribution is -0.115. The monoisotopic (exact) mass is 294 g/mol. The van der Waals surface area contributed by atoms with E-state index in [9.17, 15) is 9.59 Å². The zero-order valence-corrected chi connectivity index (χ0v) is 14.2. The average molecular weight is 294 g/mol. The van der Waals surface area contributed by atoms with Crippen molar-refractivity contribution in [1.82, 2.24) is 0 Å². The summed E-state index contributed by atoms with van der Waals surface area (Å²) < 4.78 is 0. The zero-order chi connectivity index (χ0) is 15.6. The zero-order valence-electron chi connectivity index (χ0n) is 14.2. The molecule has 120 valence electrons. The van der Waals surface area contributed by atoms with Gasteiger partial charge >= 0.3 is 0 Å². The van der Waals surface area contributed by atoms with Gasteiger partial charge in [-0.15, -0.1) is 0 Å². The molecule has 2 aliphatic carbocycles. The molecule has 0 aromatic heterocycles. The Kier molecular flexibility index (Phi) is 6.75. The number of ketones is 2. The van der Waals surface area contributed by atoms with Crippen LogP contribution in [0.3, 0.4) is 0 Å². The van der Waals surface area contributed by atoms with Crippen LogP contribution in [-0.4, -0.2) is 17.0 Å². The fourth-order valence-corrected chi connectivity index (χ4v) is 2.34. The van der Waals surface area contributed by atoms with Crippen molar-refractivity contribution >= 4 is 11.6 Å². The molecule has 0 radical (unpaired) electrons. The van der Waals surface area contributed by atoms with E-state index in [-0.39, 0.29) is 27.9 Å². The molecule has 2 aliphatic rings. The highest BCUT2D eigenvalue weighted by molar-refractivity contribution is 5.92. The molecule has 0 saturated heterocycles. The number of allylic oxidation sites excluding steroid dienone is 4. The minimum absolute atomic E-state index is 0. The second-order valence-corrected chi connectivity index (χ2v) is 8.00. The Hall–Kier alpha value is -1.22. The molecule has 0 aromatic carbocycles. The Morgan fingerprint density at radius 3 is 1.14 bits per heavy atom. The van der Waals surface area contributed by atoms with Gasteiger partial charge in [0, 0.05) is 12.8 Å². The predicted octanol–water partition coefficient (Wildman–Crippen LogP) is 3.53. The summed E-state index contributed by atoms with van der Waals surface area (Å²) in [6.45, 7) is 13.0. The molecule has 0 spiro atoms. The lowest BCUT2D eigenvalue weighted by Crippen LogP contribution is -2.17. The van der Waals surface area contributed by atoms with Crippen LogP contribution in [0, 0.1) is 22.7 Å². The van der Waals surface area contributed by atoms with Crippen LogP contribution in [0.2, 0.25) is 0 Å². The van der Waals surface area contributed by atoms with Crippen molar-refractivity contribution in [3.05, 3.63) is 24.3 Å². The van der Waals surface area contributed by atoms with Gasteiger partial charge in [-0.25, -0.2) is 0 Å². The minimum atomic E-state index is 0. The van der Waals surface area contributed by atoms with Crippen molar-refractivity contribution in [2.24, 2.45) is 22.7 Å². The van der Waals surface area contributed by atoms with Crippen molar-refractivity contribution in [2.45, 2.75) is 54.4 Å². The maximum atomic E-state index is 10.8. The third-order valence-electron chi connectivity index (χ3n) is 4.10. The number of hydrogen-bond acceptors (Lipinski definition) is 2. The molecule has 0 bridgehead atoms. The smallest absolute Gasteiger partial charge is 0.155 e. The van der Waals surface area contributed by atoms with Gasteiger partial charge in [-0.3, -0.25) is 9.59 Å². The highest BCUT2D eigenvalue weighted by atomic mass is 16.1. The molecule has 2 rings (SSSR count). The Bertz CT molecular complexity index is 388. The first kappa shape index (κ1) is 19.8. The maximum absolute atomic E-state index is 10.8. The molecule has 2 unspecified atom stereocenters. The van der Waals surface area contributed by atoms with Gasteiger partial charge in [0.2, 0.25) is 0 Å². The van der Waals surface area contributed by atoms with Crippen molar-refractivity contribution in [3.63, 3.8) is 0 Å². The van der Waals surface area contributed by atoms with E-state index in [1.54, 1.807) is 12.2 Å². The summed E-state index contributed by atoms with van der Waals surface area (Å²) in [5.74, 6) is 1.47. The average Bonchev–Trinajstić information content (AvgIpc) is 2.85. The van der Waals surface area contributed by atoms with Crippen molar-refractivity contribution < 1.29 is 15.1 Å². The summed E-state index contributed by atoms with van der Waals surface area (Å²) >= 11 is 0. The van der Waals surface area contributed by atoms with Crippen LogP contribution in [-0.2, 0) is 9.59 Å². The Labute approximate surface area is 128 Å². The van der Waals surface area contributed by atoms with Gasteiger partial charge in [0.1, 0.15) is 0 Å². The van der Waals surface area contributed by atoms with E-state index in [2.05, 4.69) is 41.5 Å². The number of rotatable bonds is 0. The highest BCUT2D eigenvalue weighted by Crippen LogP contribution is 2.33. The lowest BCUT2D eigenvalue weighted by Gasteiger charge is -2.24. The molecular formula is C18H30O3. The summed E-state index contributed by atoms with van der Waals surface area (Å²) in [6, 6.07) is 0. The molecule has 0 aliphatic heterocycles. The molecule has 0 amide bonds. The van der Waals surface area contributed by atoms with Gasteiger partial charge in [0.15, 0.2) is 11.6 Å². The predicted molar refractivity (Wildman–Crippen MR) is 87.0 cm³/mol. The van der Waals surface area contributed by atoms with Crippen LogP contribution in [0.5, 0.6) is 0 Å². The van der Waals surface area contributed by atoms with Crippen molar-refractivity contribution in [2.75, 3.05) is 0 Å². The molecule has 3 nitrogen and oxygen atoms in total. The van der Waals surface area contributed by atoms with E-state index >= 15 is 0 Å². The summed E-state index contributed by atoms with van der Waals surface area (Å²) in [6.07, 6.45) is 8.89. The standard InChI is InChI=1S/2C9H14O.H2O/c2*1-9(2,3)7-4-5-8(10)6-7;/h2*4-5,7H,6H2,1-3H3;1H2. The van der Waals surface area contributed by atoms with Gasteiger partial charge in [0.25, 0.3) is 0 Å². The number of carbonyl (C=O) groups excluding carboxylic acids is 2. The molecule has 21 heavy (non-hydrogen) atoms. The van der Waals surface area contributed by atoms with E-state index in [0.29, 0.717) is 24.7 Å². The third-order valence-corrected chi connectivity index (χ3v) is 4.10. The Morgan fingerprint density at radius 1 is 0.762 bits per heavy atom. The van der Waals surface area contributed by atoms with E-state index in [1.807, 2.05) is 12.2 Å². The maximum Gasteiger partial charge on any atom is 0.155 e. The summed E-state index contributed by atoms with van der Waals surface area (Å²) in [5.41, 5.74) is 0.505. The molecule has 2 atom stereocenters. The van der Waals surface area contributed by atoms with Crippen molar-refractivity contribution in [3.8, 4) is 0 Å². The summed E-state index contributed by atoms with van der Waals surface area (Å²) in [5, 5.41) is 0. The fourth-order valence-electron chi connectivity index (χ4n) is 2.34. The third kappa shape index (κ3) is 6.38. The Morgan fingerprint density at radius 2 is 1.05 bits per heavy atom. The van der Waals surface area contributed by atoms with Crippen LogP contribution in [0.1, 0.15) is 54.4 Å². The quantitative estimate of drug-likeness (QED) is 0.686. The van der Waals surface area contributed by atoms with E-state index < -0.39 is 0 Å². The SMILES string of the molecule is CC(C)(C)C1C=CC(=O)C1.CC(C)(C)C1C=CC(=O)C1.O. The topological polar surface area (TPSA) is 65.6 Å². The molecule has 0 heterocycles. The highest BCUT2D eigenvalue weighted by Gasteiger charge is 2.28. The van der Waals surface area contributed by atoms with Crippen LogP contribution in [0.4, 0.5) is 0 Å². The van der Waals surface area contributed by atoms with Crippen LogP contribution in [0.15, 0.2) is 24.3 Å². The molecule has 0 saturated carbocycles. The fraction of sp³-hybridized carbons (Fsp3) is 0.667. The second kappa shape index (κ2) is 7.17. The molecular weight excluding hydrogens is 264 g/mol. The first-order valence-corrected chi connectivity index (χ1v) is 7.42. The van der Waals surface area contributed by atoms with E-state index in [0.717, 1.165) is 0 Å². The second-order valence-electron chi connectivity index (χ2n) is 8.00. The van der Waals surface area contributed by atoms with E-state index in [1.165, 1.54) is 0 Å². The Balaban J connectivity index is 0.000000364. The largest absolute Gasteiger partial charge is 0.412 e. The van der Waals surface area contributed by atoms with Crippen molar-refractivity contribution in [1.29, 1.82) is 0 Å². The van der Waals surface area contributed by atoms with Gasteiger partial charge in [-0.05, 0) is 34.8 Å². The molecule has 0 fully saturated rings. The number of hydrogen-bond donors (Lipinski definition) is 0. The first-order chi connectivity index (χ1) is 9.00. The van der Waals surface area contributed by atoms with Gasteiger partial charge in [0.05, 0.1) is 0 Å². The van der Waals surface area contributed by atoms with Crippen LogP contribution >= 0.6 is 0 Å². The normalized spacial score (nSPS) is 24.7. The van der Waals surface area contributed by atoms with Gasteiger partial charge in [-0.1, -0.05) is 53.7 Å². The molecule has 2 N–H and O–H groups in total. The summed E-state index contributed by atoms with van der Waals surface area (Å²) in [7, 11) is 0. The van der Waals surface area contributed by atoms with E-state index in [4.69, 9.17) is 0 Å². The van der Waals surface area contributed by atoms with Gasteiger partial charge < -0.3 is 5.48 Å². The first-order valence-electron chi connectivity index (χ1n) is 7.42. The number of carbonyl (C=O) groups is 2. The minimum Gasteiger partial charge on any atom is -0.412 e. The molecule has 0 aromatic rings. The molecule has 3 heteroatoms. The summed E-state index contributed by atoms with van der Waals surface area (Å²) in [4.78, 5) is 21.6. The van der Waals surface area contributed by atoms with Crippen LogP contribution < -0.4 is 0 Å². The van der Waals surface area contributed by atoms with Gasteiger partial charge in [-0.2, -0.15) is 0 Å². The lowest BCUT2D eigenvalue weighted by atomic mass is 9.80. The van der Waals surface area contributed by atoms with Crippen LogP contribution in [0.25, 0.3) is 0 Å².